The van der Waals surface area contributed by atoms with E-state index in [0.717, 1.165) is 12.1 Å². The Bertz CT molecular complexity index is 1130. The van der Waals surface area contributed by atoms with Crippen molar-refractivity contribution < 1.29 is 0 Å². The summed E-state index contributed by atoms with van der Waals surface area (Å²) in [7, 11) is 0. The van der Waals surface area contributed by atoms with Gasteiger partial charge in [0.05, 0.1) is 5.52 Å². The van der Waals surface area contributed by atoms with E-state index in [-0.39, 0.29) is 0 Å². The molecule has 0 N–H and O–H groups in total. The van der Waals surface area contributed by atoms with Gasteiger partial charge >= 0.3 is 0 Å². The highest BCUT2D eigenvalue weighted by Crippen LogP contribution is 2.38. The molecule has 0 unspecified atom stereocenters. The number of aryl methyl sites for hydroxylation is 2. The van der Waals surface area contributed by atoms with Crippen LogP contribution in [0, 0.1) is 13.8 Å². The topological polar surface area (TPSA) is 16.1 Å². The summed E-state index contributed by atoms with van der Waals surface area (Å²) in [4.78, 5) is 7.04. The highest BCUT2D eigenvalue weighted by Gasteiger charge is 2.23. The second kappa shape index (κ2) is 5.70. The van der Waals surface area contributed by atoms with Gasteiger partial charge in [0.1, 0.15) is 0 Å². The number of fused-ring (bicyclic) bond motifs is 2. The molecule has 1 aliphatic heterocycles. The van der Waals surface area contributed by atoms with Crippen molar-refractivity contribution in [2.45, 2.75) is 13.8 Å². The van der Waals surface area contributed by atoms with Crippen LogP contribution >= 0.6 is 0 Å². The standard InChI is InChI=1S/C24H20N2/c1-16-15-23(26-13-11-18-6-4-10-22(18)26)17(2)14-21(16)20-9-3-7-19-8-5-12-25-24(19)20/h3-12,14-15H,13H2,1-2H3. The van der Waals surface area contributed by atoms with Crippen molar-refractivity contribution in [3.63, 3.8) is 0 Å². The Kier molecular flexibility index (Phi) is 3.32. The van der Waals surface area contributed by atoms with Gasteiger partial charge in [0, 0.05) is 35.1 Å². The zero-order chi connectivity index (χ0) is 17.7. The molecule has 26 heavy (non-hydrogen) atoms. The second-order valence-electron chi connectivity index (χ2n) is 7.02. The lowest BCUT2D eigenvalue weighted by molar-refractivity contribution is 1.07. The average Bonchev–Trinajstić information content (AvgIpc) is 3.27. The molecular formula is C24H20N2. The summed E-state index contributed by atoms with van der Waals surface area (Å²) in [6.07, 6.45) is 10.7. The summed E-state index contributed by atoms with van der Waals surface area (Å²) >= 11 is 0. The van der Waals surface area contributed by atoms with Crippen LogP contribution in [0.1, 0.15) is 11.1 Å². The lowest BCUT2D eigenvalue weighted by atomic mass is 9.95. The second-order valence-corrected chi connectivity index (χ2v) is 7.02. The first-order chi connectivity index (χ1) is 12.7. The van der Waals surface area contributed by atoms with Gasteiger partial charge in [-0.25, -0.2) is 0 Å². The van der Waals surface area contributed by atoms with E-state index in [9.17, 15) is 0 Å². The third-order valence-electron chi connectivity index (χ3n) is 5.37. The number of hydrogen-bond acceptors (Lipinski definition) is 2. The lowest BCUT2D eigenvalue weighted by Crippen LogP contribution is -2.18. The number of rotatable bonds is 2. The molecule has 0 radical (unpaired) electrons. The van der Waals surface area contributed by atoms with Crippen LogP contribution in [0.15, 0.2) is 84.2 Å². The van der Waals surface area contributed by atoms with Crippen LogP contribution in [0.5, 0.6) is 0 Å². The van der Waals surface area contributed by atoms with Gasteiger partial charge in [-0.3, -0.25) is 4.98 Å². The highest BCUT2D eigenvalue weighted by molar-refractivity contribution is 5.95. The fraction of sp³-hybridized carbons (Fsp3) is 0.125. The molecule has 3 aromatic rings. The number of anilines is 1. The molecule has 0 spiro atoms. The molecule has 0 saturated carbocycles. The van der Waals surface area contributed by atoms with Gasteiger partial charge in [-0.1, -0.05) is 42.5 Å². The molecule has 126 valence electrons. The normalized spacial score (nSPS) is 15.4. The molecule has 0 fully saturated rings. The third kappa shape index (κ3) is 2.22. The summed E-state index contributed by atoms with van der Waals surface area (Å²) in [6.45, 7) is 5.35. The average molecular weight is 336 g/mol. The summed E-state index contributed by atoms with van der Waals surface area (Å²) in [5.41, 5.74) is 10.1. The maximum atomic E-state index is 4.64. The molecule has 1 aromatic heterocycles. The van der Waals surface area contributed by atoms with Crippen molar-refractivity contribution in [3.8, 4) is 11.1 Å². The number of allylic oxidation sites excluding steroid dienone is 3. The number of benzene rings is 2. The molecule has 2 heterocycles. The quantitative estimate of drug-likeness (QED) is 0.595. The lowest BCUT2D eigenvalue weighted by Gasteiger charge is -2.24. The Morgan fingerprint density at radius 1 is 0.962 bits per heavy atom. The zero-order valence-corrected chi connectivity index (χ0v) is 15.0. The van der Waals surface area contributed by atoms with Crippen molar-refractivity contribution in [1.29, 1.82) is 0 Å². The van der Waals surface area contributed by atoms with Crippen LogP contribution in [0.4, 0.5) is 5.69 Å². The van der Waals surface area contributed by atoms with Gasteiger partial charge in [-0.05, 0) is 60.4 Å². The predicted molar refractivity (Wildman–Crippen MR) is 109 cm³/mol. The van der Waals surface area contributed by atoms with Crippen molar-refractivity contribution in [2.24, 2.45) is 0 Å². The minimum Gasteiger partial charge on any atom is -0.337 e. The van der Waals surface area contributed by atoms with Crippen LogP contribution in [-0.2, 0) is 0 Å². The molecule has 2 heteroatoms. The van der Waals surface area contributed by atoms with Crippen LogP contribution in [0.25, 0.3) is 22.0 Å². The van der Waals surface area contributed by atoms with Crippen molar-refractivity contribution in [2.75, 3.05) is 11.4 Å². The summed E-state index contributed by atoms with van der Waals surface area (Å²) in [5.74, 6) is 0. The van der Waals surface area contributed by atoms with Crippen LogP contribution < -0.4 is 4.90 Å². The first-order valence-electron chi connectivity index (χ1n) is 9.04. The largest absolute Gasteiger partial charge is 0.337 e. The summed E-state index contributed by atoms with van der Waals surface area (Å²) in [5, 5.41) is 1.18. The molecule has 5 rings (SSSR count). The van der Waals surface area contributed by atoms with E-state index < -0.39 is 0 Å². The minimum atomic E-state index is 0.945. The molecular weight excluding hydrogens is 316 g/mol. The van der Waals surface area contributed by atoms with E-state index in [1.807, 2.05) is 12.3 Å². The highest BCUT2D eigenvalue weighted by atomic mass is 15.2. The molecule has 2 aromatic carbocycles. The summed E-state index contributed by atoms with van der Waals surface area (Å²) in [6, 6.07) is 15.2. The maximum absolute atomic E-state index is 4.64. The molecule has 2 nitrogen and oxygen atoms in total. The van der Waals surface area contributed by atoms with Crippen LogP contribution in [0.2, 0.25) is 0 Å². The van der Waals surface area contributed by atoms with Gasteiger partial charge in [0.2, 0.25) is 0 Å². The Hall–Kier alpha value is -3.13. The van der Waals surface area contributed by atoms with Gasteiger partial charge < -0.3 is 4.90 Å². The molecule has 1 aliphatic carbocycles. The Morgan fingerprint density at radius 2 is 1.85 bits per heavy atom. The smallest absolute Gasteiger partial charge is 0.0780 e. The van der Waals surface area contributed by atoms with Crippen LogP contribution in [-0.4, -0.2) is 11.5 Å². The number of para-hydroxylation sites is 1. The molecule has 0 saturated heterocycles. The van der Waals surface area contributed by atoms with E-state index in [0.29, 0.717) is 0 Å². The Labute approximate surface area is 153 Å². The molecule has 0 atom stereocenters. The van der Waals surface area contributed by atoms with E-state index in [2.05, 4.69) is 84.4 Å². The van der Waals surface area contributed by atoms with Crippen molar-refractivity contribution in [3.05, 3.63) is 95.4 Å². The number of pyridine rings is 1. The zero-order valence-electron chi connectivity index (χ0n) is 15.0. The van der Waals surface area contributed by atoms with E-state index in [1.54, 1.807) is 0 Å². The van der Waals surface area contributed by atoms with Gasteiger partial charge in [0.15, 0.2) is 0 Å². The molecule has 2 aliphatic rings. The third-order valence-corrected chi connectivity index (χ3v) is 5.37. The summed E-state index contributed by atoms with van der Waals surface area (Å²) < 4.78 is 0. The minimum absolute atomic E-state index is 0.945. The molecule has 0 bridgehead atoms. The van der Waals surface area contributed by atoms with Gasteiger partial charge in [-0.2, -0.15) is 0 Å². The van der Waals surface area contributed by atoms with Crippen molar-refractivity contribution in [1.82, 2.24) is 4.98 Å². The fourth-order valence-electron chi connectivity index (χ4n) is 4.06. The first kappa shape index (κ1) is 15.2. The van der Waals surface area contributed by atoms with Crippen molar-refractivity contribution >= 4 is 16.6 Å². The van der Waals surface area contributed by atoms with Crippen LogP contribution in [0.3, 0.4) is 0 Å². The van der Waals surface area contributed by atoms with Gasteiger partial charge in [-0.15, -0.1) is 0 Å². The van der Waals surface area contributed by atoms with E-state index in [1.165, 1.54) is 44.6 Å². The Morgan fingerprint density at radius 3 is 2.77 bits per heavy atom. The molecule has 0 amide bonds. The predicted octanol–water partition coefficient (Wildman–Crippen LogP) is 5.72. The Balaban J connectivity index is 1.63. The maximum Gasteiger partial charge on any atom is 0.0780 e. The number of aromatic nitrogens is 1. The van der Waals surface area contributed by atoms with E-state index in [4.69, 9.17) is 0 Å². The SMILES string of the molecule is Cc1cc(N2CC=C3C=CC=C32)c(C)cc1-c1cccc2cccnc12. The monoisotopic (exact) mass is 336 g/mol. The first-order valence-corrected chi connectivity index (χ1v) is 9.04. The number of nitrogens with zero attached hydrogens (tertiary/aromatic N) is 2. The van der Waals surface area contributed by atoms with E-state index >= 15 is 0 Å². The number of hydrogen-bond donors (Lipinski definition) is 0. The fourth-order valence-corrected chi connectivity index (χ4v) is 4.06. The van der Waals surface area contributed by atoms with Gasteiger partial charge in [0.25, 0.3) is 0 Å².